The van der Waals surface area contributed by atoms with Crippen LogP contribution in [-0.4, -0.2) is 33.2 Å². The molecule has 0 radical (unpaired) electrons. The van der Waals surface area contributed by atoms with Crippen molar-refractivity contribution >= 4 is 5.91 Å². The average Bonchev–Trinajstić information content (AvgIpc) is 3.14. The predicted molar refractivity (Wildman–Crippen MR) is 88.3 cm³/mol. The summed E-state index contributed by atoms with van der Waals surface area (Å²) in [6.45, 7) is -0.149. The highest BCUT2D eigenvalue weighted by Gasteiger charge is 2.34. The number of nitrogens with zero attached hydrogens (tertiary/aromatic N) is 4. The zero-order valence-corrected chi connectivity index (χ0v) is 14.1. The Labute approximate surface area is 151 Å². The van der Waals surface area contributed by atoms with Crippen LogP contribution in [0.1, 0.15) is 21.7 Å². The number of ether oxygens (including phenoxy) is 1. The van der Waals surface area contributed by atoms with Crippen LogP contribution in [0.15, 0.2) is 48.5 Å². The van der Waals surface area contributed by atoms with Gasteiger partial charge in [0, 0.05) is 0 Å². The first kappa shape index (κ1) is 18.4. The van der Waals surface area contributed by atoms with Crippen LogP contribution in [0, 0.1) is 0 Å². The van der Waals surface area contributed by atoms with Gasteiger partial charge in [-0.15, -0.1) is 5.10 Å². The summed E-state index contributed by atoms with van der Waals surface area (Å²) in [7, 11) is 1.53. The number of tetrazole rings is 1. The lowest BCUT2D eigenvalue weighted by molar-refractivity contribution is -0.137. The molecule has 3 rings (SSSR count). The number of halogens is 3. The van der Waals surface area contributed by atoms with Crippen LogP contribution >= 0.6 is 0 Å². The number of benzene rings is 2. The Kier molecular flexibility index (Phi) is 5.06. The monoisotopic (exact) mass is 377 g/mol. The molecule has 0 spiro atoms. The predicted octanol–water partition coefficient (Wildman–Crippen LogP) is 2.62. The van der Waals surface area contributed by atoms with Crippen LogP contribution in [0.2, 0.25) is 0 Å². The van der Waals surface area contributed by atoms with E-state index in [0.29, 0.717) is 11.4 Å². The van der Waals surface area contributed by atoms with Crippen molar-refractivity contribution in [2.75, 3.05) is 7.11 Å². The zero-order chi connectivity index (χ0) is 19.4. The molecule has 10 heteroatoms. The van der Waals surface area contributed by atoms with Gasteiger partial charge in [-0.1, -0.05) is 12.1 Å². The quantitative estimate of drug-likeness (QED) is 0.739. The number of hydrogen-bond donors (Lipinski definition) is 1. The van der Waals surface area contributed by atoms with Gasteiger partial charge < -0.3 is 10.1 Å². The summed E-state index contributed by atoms with van der Waals surface area (Å²) in [6.07, 6.45) is -4.63. The van der Waals surface area contributed by atoms with Gasteiger partial charge in [0.1, 0.15) is 5.75 Å². The lowest BCUT2D eigenvalue weighted by atomic mass is 10.1. The summed E-state index contributed by atoms with van der Waals surface area (Å²) in [5.74, 6) is 0.0376. The molecule has 140 valence electrons. The summed E-state index contributed by atoms with van der Waals surface area (Å²) in [5, 5.41) is 13.6. The van der Waals surface area contributed by atoms with Gasteiger partial charge in [0.2, 0.25) is 0 Å². The molecule has 1 heterocycles. The molecule has 7 nitrogen and oxygen atoms in total. The first-order chi connectivity index (χ1) is 12.9. The van der Waals surface area contributed by atoms with Crippen LogP contribution in [0.25, 0.3) is 5.69 Å². The molecule has 0 saturated carbocycles. The minimum atomic E-state index is -4.63. The van der Waals surface area contributed by atoms with E-state index in [1.807, 2.05) is 0 Å². The maximum Gasteiger partial charge on any atom is 0.417 e. The summed E-state index contributed by atoms with van der Waals surface area (Å²) in [4.78, 5) is 12.2. The molecule has 0 fully saturated rings. The minimum Gasteiger partial charge on any atom is -0.497 e. The fourth-order valence-electron chi connectivity index (χ4n) is 2.42. The van der Waals surface area contributed by atoms with E-state index in [0.717, 1.165) is 12.1 Å². The highest BCUT2D eigenvalue weighted by molar-refractivity contribution is 5.95. The Balaban J connectivity index is 1.77. The van der Waals surface area contributed by atoms with Crippen molar-refractivity contribution in [3.63, 3.8) is 0 Å². The van der Waals surface area contributed by atoms with Gasteiger partial charge in [0.25, 0.3) is 5.91 Å². The Morgan fingerprint density at radius 3 is 2.52 bits per heavy atom. The van der Waals surface area contributed by atoms with Crippen LogP contribution in [-0.2, 0) is 12.7 Å². The van der Waals surface area contributed by atoms with E-state index in [9.17, 15) is 18.0 Å². The van der Waals surface area contributed by atoms with E-state index in [-0.39, 0.29) is 12.4 Å². The average molecular weight is 377 g/mol. The molecule has 0 bridgehead atoms. The van der Waals surface area contributed by atoms with Crippen molar-refractivity contribution in [3.05, 3.63) is 65.5 Å². The van der Waals surface area contributed by atoms with E-state index in [1.165, 1.54) is 23.9 Å². The summed E-state index contributed by atoms with van der Waals surface area (Å²) >= 11 is 0. The second kappa shape index (κ2) is 7.44. The summed E-state index contributed by atoms with van der Waals surface area (Å²) in [5.41, 5.74) is -0.855. The molecule has 0 atom stereocenters. The maximum atomic E-state index is 13.0. The van der Waals surface area contributed by atoms with E-state index in [1.54, 1.807) is 24.3 Å². The highest BCUT2D eigenvalue weighted by atomic mass is 19.4. The highest BCUT2D eigenvalue weighted by Crippen LogP contribution is 2.31. The van der Waals surface area contributed by atoms with Crippen molar-refractivity contribution in [3.8, 4) is 11.4 Å². The maximum absolute atomic E-state index is 13.0. The Hall–Kier alpha value is -3.43. The number of carbonyl (C=O) groups excluding carboxylic acids is 1. The largest absolute Gasteiger partial charge is 0.497 e. The van der Waals surface area contributed by atoms with Crippen molar-refractivity contribution in [2.45, 2.75) is 12.7 Å². The lowest BCUT2D eigenvalue weighted by Crippen LogP contribution is -2.27. The fraction of sp³-hybridized carbons (Fsp3) is 0.176. The van der Waals surface area contributed by atoms with Gasteiger partial charge in [-0.2, -0.15) is 17.9 Å². The zero-order valence-electron chi connectivity index (χ0n) is 14.1. The third kappa shape index (κ3) is 4.05. The van der Waals surface area contributed by atoms with Crippen molar-refractivity contribution in [2.24, 2.45) is 0 Å². The molecule has 1 aromatic heterocycles. The molecule has 0 aliphatic carbocycles. The molecule has 1 amide bonds. The van der Waals surface area contributed by atoms with Crippen LogP contribution in [0.5, 0.6) is 5.75 Å². The van der Waals surface area contributed by atoms with Gasteiger partial charge >= 0.3 is 6.18 Å². The van der Waals surface area contributed by atoms with E-state index in [4.69, 9.17) is 4.74 Å². The minimum absolute atomic E-state index is 0.149. The normalized spacial score (nSPS) is 11.3. The van der Waals surface area contributed by atoms with Gasteiger partial charge in [-0.05, 0) is 46.8 Å². The molecule has 3 aromatic rings. The second-order valence-corrected chi connectivity index (χ2v) is 5.43. The number of amides is 1. The molecule has 0 unspecified atom stereocenters. The number of carbonyl (C=O) groups is 1. The lowest BCUT2D eigenvalue weighted by Gasteiger charge is -2.12. The summed E-state index contributed by atoms with van der Waals surface area (Å²) in [6, 6.07) is 11.4. The number of aromatic nitrogens is 4. The molecular formula is C17H14F3N5O2. The van der Waals surface area contributed by atoms with Gasteiger partial charge in [0.05, 0.1) is 30.5 Å². The number of methoxy groups -OCH3 is 1. The van der Waals surface area contributed by atoms with E-state index < -0.39 is 23.2 Å². The van der Waals surface area contributed by atoms with E-state index in [2.05, 4.69) is 20.8 Å². The van der Waals surface area contributed by atoms with Crippen molar-refractivity contribution in [1.82, 2.24) is 25.5 Å². The molecule has 1 N–H and O–H groups in total. The van der Waals surface area contributed by atoms with Gasteiger partial charge in [0.15, 0.2) is 5.82 Å². The smallest absolute Gasteiger partial charge is 0.417 e. The molecule has 0 aliphatic rings. The topological polar surface area (TPSA) is 81.9 Å². The Morgan fingerprint density at radius 2 is 1.85 bits per heavy atom. The van der Waals surface area contributed by atoms with Gasteiger partial charge in [-0.3, -0.25) is 4.79 Å². The first-order valence-corrected chi connectivity index (χ1v) is 7.76. The van der Waals surface area contributed by atoms with Crippen LogP contribution in [0.4, 0.5) is 13.2 Å². The Bertz CT molecular complexity index is 938. The van der Waals surface area contributed by atoms with Crippen molar-refractivity contribution in [1.29, 1.82) is 0 Å². The second-order valence-electron chi connectivity index (χ2n) is 5.43. The Morgan fingerprint density at radius 1 is 1.15 bits per heavy atom. The van der Waals surface area contributed by atoms with Crippen LogP contribution in [0.3, 0.4) is 0 Å². The number of nitrogens with one attached hydrogen (secondary N) is 1. The standard InChI is InChI=1S/C17H14F3N5O2/c1-27-12-8-6-11(7-9-12)25-15(22-23-24-25)10-21-16(26)13-4-2-3-5-14(13)17(18,19)20/h2-9H,10H2,1H3,(H,21,26). The number of alkyl halides is 3. The SMILES string of the molecule is COc1ccc(-n2nnnc2CNC(=O)c2ccccc2C(F)(F)F)cc1. The molecule has 2 aromatic carbocycles. The molecular weight excluding hydrogens is 363 g/mol. The van der Waals surface area contributed by atoms with Gasteiger partial charge in [-0.25, -0.2) is 0 Å². The fourth-order valence-corrected chi connectivity index (χ4v) is 2.42. The molecule has 0 saturated heterocycles. The molecule has 0 aliphatic heterocycles. The molecule has 27 heavy (non-hydrogen) atoms. The third-order valence-corrected chi connectivity index (χ3v) is 3.74. The summed E-state index contributed by atoms with van der Waals surface area (Å²) < 4.78 is 45.6. The third-order valence-electron chi connectivity index (χ3n) is 3.74. The number of rotatable bonds is 5. The first-order valence-electron chi connectivity index (χ1n) is 7.76. The number of hydrogen-bond acceptors (Lipinski definition) is 5. The van der Waals surface area contributed by atoms with E-state index >= 15 is 0 Å². The van der Waals surface area contributed by atoms with Crippen molar-refractivity contribution < 1.29 is 22.7 Å². The van der Waals surface area contributed by atoms with Crippen LogP contribution < -0.4 is 10.1 Å².